The summed E-state index contributed by atoms with van der Waals surface area (Å²) in [7, 11) is 0. The molecule has 0 aliphatic heterocycles. The summed E-state index contributed by atoms with van der Waals surface area (Å²) in [5.41, 5.74) is 9.02. The monoisotopic (exact) mass is 644 g/mol. The number of hydrogen-bond acceptors (Lipinski definition) is 2. The first-order valence-corrected chi connectivity index (χ1v) is 18.0. The van der Waals surface area contributed by atoms with E-state index in [2.05, 4.69) is 170 Å². The Hall–Kier alpha value is -5.54. The Morgan fingerprint density at radius 2 is 0.771 bits per heavy atom. The molecule has 0 unspecified atom stereocenters. The number of thiophene rings is 2. The van der Waals surface area contributed by atoms with Crippen LogP contribution in [0.4, 0.5) is 0 Å². The average molecular weight is 645 g/mol. The Morgan fingerprint density at radius 1 is 0.292 bits per heavy atom. The van der Waals surface area contributed by atoms with E-state index in [1.165, 1.54) is 95.6 Å². The summed E-state index contributed by atoms with van der Waals surface area (Å²) in [6, 6.07) is 62.2. The van der Waals surface area contributed by atoms with Crippen molar-refractivity contribution in [3.63, 3.8) is 0 Å². The normalized spacial score (nSPS) is 11.8. The van der Waals surface area contributed by atoms with Crippen LogP contribution in [0.5, 0.6) is 0 Å². The summed E-state index contributed by atoms with van der Waals surface area (Å²) in [5.74, 6) is 0. The summed E-state index contributed by atoms with van der Waals surface area (Å²) in [6.45, 7) is 0. The van der Waals surface area contributed by atoms with Crippen molar-refractivity contribution >= 4 is 74.5 Å². The van der Waals surface area contributed by atoms with Crippen molar-refractivity contribution in [2.75, 3.05) is 0 Å². The van der Waals surface area contributed by atoms with Gasteiger partial charge in [0, 0.05) is 31.3 Å². The number of benzene rings is 8. The second-order valence-electron chi connectivity index (χ2n) is 12.3. The Bertz CT molecular complexity index is 2750. The molecule has 2 heterocycles. The quantitative estimate of drug-likeness (QED) is 0.167. The number of fused-ring (bicyclic) bond motifs is 7. The molecule has 0 saturated carbocycles. The van der Waals surface area contributed by atoms with Gasteiger partial charge in [0.25, 0.3) is 0 Å². The highest BCUT2D eigenvalue weighted by Gasteiger charge is 2.22. The first-order valence-electron chi connectivity index (χ1n) is 16.4. The first-order chi connectivity index (χ1) is 23.8. The topological polar surface area (TPSA) is 0 Å². The van der Waals surface area contributed by atoms with Crippen LogP contribution >= 0.6 is 22.7 Å². The standard InChI is InChI=1S/C46H28S2/c1-4-15-29(16-5-1)40-32-21-10-12-23-34(32)42(35-24-13-11-22-33(35)40)36-25-14-26-39-43(36)38-28-27-37-41(30-17-6-2-7-18-30)44(31-19-8-3-9-20-31)48-46(37)45(38)47-39/h1-28H. The van der Waals surface area contributed by atoms with Gasteiger partial charge < -0.3 is 0 Å². The second kappa shape index (κ2) is 11.0. The smallest absolute Gasteiger partial charge is 0.0534 e. The third-order valence-corrected chi connectivity index (χ3v) is 12.3. The molecular weight excluding hydrogens is 617 g/mol. The van der Waals surface area contributed by atoms with Gasteiger partial charge in [0.05, 0.1) is 9.40 Å². The summed E-state index contributed by atoms with van der Waals surface area (Å²) in [5, 5.41) is 9.16. The van der Waals surface area contributed by atoms with Crippen LogP contribution in [0, 0.1) is 0 Å². The van der Waals surface area contributed by atoms with Crippen LogP contribution < -0.4 is 0 Å². The van der Waals surface area contributed by atoms with E-state index in [1.54, 1.807) is 0 Å². The highest BCUT2D eigenvalue weighted by Crippen LogP contribution is 2.52. The van der Waals surface area contributed by atoms with Crippen molar-refractivity contribution in [3.05, 3.63) is 170 Å². The van der Waals surface area contributed by atoms with E-state index in [0.717, 1.165) is 0 Å². The van der Waals surface area contributed by atoms with Gasteiger partial charge in [-0.3, -0.25) is 0 Å². The third kappa shape index (κ3) is 4.13. The fourth-order valence-corrected chi connectivity index (χ4v) is 10.4. The van der Waals surface area contributed by atoms with E-state index in [-0.39, 0.29) is 0 Å². The molecule has 0 radical (unpaired) electrons. The molecule has 8 aromatic carbocycles. The van der Waals surface area contributed by atoms with Crippen LogP contribution in [-0.4, -0.2) is 0 Å². The zero-order chi connectivity index (χ0) is 31.6. The molecule has 0 saturated heterocycles. The minimum atomic E-state index is 1.25. The molecule has 10 rings (SSSR count). The molecule has 10 aromatic rings. The van der Waals surface area contributed by atoms with E-state index >= 15 is 0 Å². The maximum absolute atomic E-state index is 2.39. The van der Waals surface area contributed by atoms with Crippen LogP contribution in [0.2, 0.25) is 0 Å². The summed E-state index contributed by atoms with van der Waals surface area (Å²) in [4.78, 5) is 1.33. The van der Waals surface area contributed by atoms with Crippen LogP contribution in [0.1, 0.15) is 0 Å². The lowest BCUT2D eigenvalue weighted by Crippen LogP contribution is -1.91. The zero-order valence-electron chi connectivity index (χ0n) is 26.0. The summed E-state index contributed by atoms with van der Waals surface area (Å²) in [6.07, 6.45) is 0. The van der Waals surface area contributed by atoms with Crippen molar-refractivity contribution in [3.8, 4) is 43.8 Å². The van der Waals surface area contributed by atoms with Gasteiger partial charge in [-0.25, -0.2) is 0 Å². The van der Waals surface area contributed by atoms with Crippen molar-refractivity contribution in [2.24, 2.45) is 0 Å². The highest BCUT2D eigenvalue weighted by molar-refractivity contribution is 7.32. The molecular formula is C46H28S2. The lowest BCUT2D eigenvalue weighted by molar-refractivity contribution is 1.66. The molecule has 2 aromatic heterocycles. The third-order valence-electron chi connectivity index (χ3n) is 9.68. The van der Waals surface area contributed by atoms with Crippen LogP contribution in [0.3, 0.4) is 0 Å². The van der Waals surface area contributed by atoms with Gasteiger partial charge in [-0.05, 0) is 61.0 Å². The molecule has 0 aliphatic carbocycles. The van der Waals surface area contributed by atoms with Gasteiger partial charge in [-0.15, -0.1) is 22.7 Å². The molecule has 0 atom stereocenters. The SMILES string of the molecule is c1ccc(-c2sc3c(ccc4c3sc3cccc(-c5c6ccccc6c(-c6ccccc6)c6ccccc56)c34)c2-c2ccccc2)cc1. The molecule has 0 fully saturated rings. The molecule has 0 amide bonds. The van der Waals surface area contributed by atoms with Crippen LogP contribution in [0.25, 0.3) is 95.6 Å². The van der Waals surface area contributed by atoms with E-state index in [4.69, 9.17) is 0 Å². The highest BCUT2D eigenvalue weighted by atomic mass is 32.1. The number of hydrogen-bond donors (Lipinski definition) is 0. The van der Waals surface area contributed by atoms with Gasteiger partial charge in [-0.1, -0.05) is 164 Å². The Morgan fingerprint density at radius 3 is 1.38 bits per heavy atom. The van der Waals surface area contributed by atoms with Gasteiger partial charge in [-0.2, -0.15) is 0 Å². The van der Waals surface area contributed by atoms with Gasteiger partial charge >= 0.3 is 0 Å². The van der Waals surface area contributed by atoms with Gasteiger partial charge in [0.2, 0.25) is 0 Å². The van der Waals surface area contributed by atoms with E-state index < -0.39 is 0 Å². The van der Waals surface area contributed by atoms with Crippen molar-refractivity contribution in [2.45, 2.75) is 0 Å². The average Bonchev–Trinajstić information content (AvgIpc) is 3.74. The molecule has 224 valence electrons. The minimum Gasteiger partial charge on any atom is -0.134 e. The fraction of sp³-hybridized carbons (Fsp3) is 0. The Labute approximate surface area is 286 Å². The number of rotatable bonds is 4. The lowest BCUT2D eigenvalue weighted by atomic mass is 9.85. The van der Waals surface area contributed by atoms with Crippen LogP contribution in [-0.2, 0) is 0 Å². The first kappa shape index (κ1) is 27.6. The Balaban J connectivity index is 1.31. The van der Waals surface area contributed by atoms with E-state index in [1.807, 2.05) is 22.7 Å². The van der Waals surface area contributed by atoms with Crippen LogP contribution in [0.15, 0.2) is 170 Å². The fourth-order valence-electron chi connectivity index (χ4n) is 7.67. The van der Waals surface area contributed by atoms with Gasteiger partial charge in [0.1, 0.15) is 0 Å². The predicted molar refractivity (Wildman–Crippen MR) is 211 cm³/mol. The Kier molecular flexibility index (Phi) is 6.33. The second-order valence-corrected chi connectivity index (χ2v) is 14.4. The molecule has 0 spiro atoms. The molecule has 0 N–H and O–H groups in total. The van der Waals surface area contributed by atoms with E-state index in [9.17, 15) is 0 Å². The molecule has 0 aliphatic rings. The van der Waals surface area contributed by atoms with Gasteiger partial charge in [0.15, 0.2) is 0 Å². The molecule has 0 nitrogen and oxygen atoms in total. The maximum atomic E-state index is 2.39. The molecule has 0 bridgehead atoms. The van der Waals surface area contributed by atoms with Crippen molar-refractivity contribution in [1.29, 1.82) is 0 Å². The van der Waals surface area contributed by atoms with Crippen molar-refractivity contribution < 1.29 is 0 Å². The molecule has 2 heteroatoms. The minimum absolute atomic E-state index is 1.25. The maximum Gasteiger partial charge on any atom is 0.0534 e. The lowest BCUT2D eigenvalue weighted by Gasteiger charge is -2.18. The predicted octanol–water partition coefficient (Wildman–Crippen LogP) is 14.2. The largest absolute Gasteiger partial charge is 0.134 e. The summed E-state index contributed by atoms with van der Waals surface area (Å²) < 4.78 is 4.06. The zero-order valence-corrected chi connectivity index (χ0v) is 27.6. The molecule has 48 heavy (non-hydrogen) atoms. The van der Waals surface area contributed by atoms with E-state index in [0.29, 0.717) is 0 Å². The summed E-state index contributed by atoms with van der Waals surface area (Å²) >= 11 is 3.87. The van der Waals surface area contributed by atoms with Crippen molar-refractivity contribution in [1.82, 2.24) is 0 Å².